The number of aromatic nitrogens is 1. The summed E-state index contributed by atoms with van der Waals surface area (Å²) >= 11 is 0. The van der Waals surface area contributed by atoms with Crippen LogP contribution in [0.15, 0.2) is 27.6 Å². The number of aliphatic hydroxyl groups is 1. The summed E-state index contributed by atoms with van der Waals surface area (Å²) in [5.41, 5.74) is 0.795. The van der Waals surface area contributed by atoms with Crippen LogP contribution in [0.4, 0.5) is 0 Å². The number of ether oxygens (including phenoxy) is 2. The van der Waals surface area contributed by atoms with Crippen LogP contribution >= 0.6 is 0 Å². The Hall–Kier alpha value is -2.10. The third-order valence-electron chi connectivity index (χ3n) is 3.86. The fraction of sp³-hybridized carbons (Fsp3) is 0.438. The van der Waals surface area contributed by atoms with Crippen molar-refractivity contribution in [2.24, 2.45) is 0 Å². The average Bonchev–Trinajstić information content (AvgIpc) is 2.93. The summed E-state index contributed by atoms with van der Waals surface area (Å²) in [6.07, 6.45) is -1.04. The molecule has 0 amide bonds. The van der Waals surface area contributed by atoms with Gasteiger partial charge in [-0.3, -0.25) is 0 Å². The number of benzene rings is 1. The third-order valence-corrected chi connectivity index (χ3v) is 5.93. The second-order valence-electron chi connectivity index (χ2n) is 5.57. The lowest BCUT2D eigenvalue weighted by Crippen LogP contribution is -2.31. The van der Waals surface area contributed by atoms with Crippen LogP contribution in [0.25, 0.3) is 0 Å². The zero-order chi connectivity index (χ0) is 18.8. The SMILES string of the molecule is COc1ccc(C(O)CN(C)S(=O)(=O)c2c(C)noc2C)cc1OC. The molecule has 0 aliphatic carbocycles. The molecule has 0 fully saturated rings. The molecule has 0 saturated carbocycles. The molecule has 1 atom stereocenters. The van der Waals surface area contributed by atoms with Crippen LogP contribution in [0.2, 0.25) is 0 Å². The van der Waals surface area contributed by atoms with Crippen molar-refractivity contribution in [3.05, 3.63) is 35.2 Å². The molecule has 2 rings (SSSR count). The second kappa shape index (κ2) is 7.42. The second-order valence-corrected chi connectivity index (χ2v) is 7.55. The van der Waals surface area contributed by atoms with Gasteiger partial charge in [-0.05, 0) is 31.5 Å². The lowest BCUT2D eigenvalue weighted by atomic mass is 10.1. The summed E-state index contributed by atoms with van der Waals surface area (Å²) in [7, 11) is 0.567. The zero-order valence-corrected chi connectivity index (χ0v) is 15.6. The molecule has 1 N–H and O–H groups in total. The summed E-state index contributed by atoms with van der Waals surface area (Å²) < 4.78 is 41.7. The molecule has 0 spiro atoms. The van der Waals surface area contributed by atoms with Gasteiger partial charge in [-0.2, -0.15) is 4.31 Å². The highest BCUT2D eigenvalue weighted by atomic mass is 32.2. The molecule has 2 aromatic rings. The minimum absolute atomic E-state index is 0.0227. The van der Waals surface area contributed by atoms with E-state index in [0.29, 0.717) is 17.1 Å². The molecule has 138 valence electrons. The average molecular weight is 370 g/mol. The molecule has 1 heterocycles. The van der Waals surface area contributed by atoms with E-state index in [-0.39, 0.29) is 22.9 Å². The molecular weight excluding hydrogens is 348 g/mol. The first-order valence-corrected chi connectivity index (χ1v) is 8.95. The van der Waals surface area contributed by atoms with Crippen LogP contribution in [-0.4, -0.2) is 50.8 Å². The van der Waals surface area contributed by atoms with Crippen LogP contribution < -0.4 is 9.47 Å². The third kappa shape index (κ3) is 3.78. The van der Waals surface area contributed by atoms with E-state index in [0.717, 1.165) is 4.31 Å². The quantitative estimate of drug-likeness (QED) is 0.791. The highest BCUT2D eigenvalue weighted by molar-refractivity contribution is 7.89. The first-order chi connectivity index (χ1) is 11.7. The number of aliphatic hydroxyl groups excluding tert-OH is 1. The Morgan fingerprint density at radius 3 is 2.40 bits per heavy atom. The summed E-state index contributed by atoms with van der Waals surface area (Å²) in [6.45, 7) is 2.95. The first kappa shape index (κ1) is 19.2. The Morgan fingerprint density at radius 1 is 1.24 bits per heavy atom. The largest absolute Gasteiger partial charge is 0.493 e. The lowest BCUT2D eigenvalue weighted by Gasteiger charge is -2.21. The standard InChI is InChI=1S/C16H22N2O6S/c1-10-16(11(2)24-17-10)25(20,21)18(3)9-13(19)12-6-7-14(22-4)15(8-12)23-5/h6-8,13,19H,9H2,1-5H3. The van der Waals surface area contributed by atoms with Crippen LogP contribution in [0, 0.1) is 13.8 Å². The monoisotopic (exact) mass is 370 g/mol. The lowest BCUT2D eigenvalue weighted by molar-refractivity contribution is 0.154. The van der Waals surface area contributed by atoms with Gasteiger partial charge >= 0.3 is 0 Å². The highest BCUT2D eigenvalue weighted by Gasteiger charge is 2.30. The molecule has 0 saturated heterocycles. The van der Waals surface area contributed by atoms with E-state index >= 15 is 0 Å². The Bertz CT molecular complexity index is 827. The van der Waals surface area contributed by atoms with E-state index in [1.165, 1.54) is 28.2 Å². The van der Waals surface area contributed by atoms with Crippen molar-refractivity contribution in [2.45, 2.75) is 24.8 Å². The number of hydrogen-bond donors (Lipinski definition) is 1. The molecule has 1 aromatic heterocycles. The smallest absolute Gasteiger partial charge is 0.248 e. The molecule has 0 aliphatic heterocycles. The number of nitrogens with zero attached hydrogens (tertiary/aromatic N) is 2. The van der Waals surface area contributed by atoms with Gasteiger partial charge in [-0.25, -0.2) is 8.42 Å². The van der Waals surface area contributed by atoms with Crippen molar-refractivity contribution < 1.29 is 27.5 Å². The van der Waals surface area contributed by atoms with E-state index in [9.17, 15) is 13.5 Å². The van der Waals surface area contributed by atoms with Gasteiger partial charge in [0, 0.05) is 13.6 Å². The molecule has 1 unspecified atom stereocenters. The molecule has 25 heavy (non-hydrogen) atoms. The Balaban J connectivity index is 2.24. The maximum atomic E-state index is 12.7. The molecule has 0 radical (unpaired) electrons. The topological polar surface area (TPSA) is 102 Å². The normalized spacial score (nSPS) is 13.1. The maximum absolute atomic E-state index is 12.7. The van der Waals surface area contributed by atoms with Crippen molar-refractivity contribution >= 4 is 10.0 Å². The van der Waals surface area contributed by atoms with Gasteiger partial charge in [0.15, 0.2) is 17.3 Å². The van der Waals surface area contributed by atoms with Gasteiger partial charge in [0.1, 0.15) is 10.6 Å². The van der Waals surface area contributed by atoms with E-state index in [1.54, 1.807) is 25.1 Å². The summed E-state index contributed by atoms with van der Waals surface area (Å²) in [6, 6.07) is 4.92. The molecule has 0 bridgehead atoms. The van der Waals surface area contributed by atoms with E-state index in [2.05, 4.69) is 5.16 Å². The molecule has 1 aromatic carbocycles. The van der Waals surface area contributed by atoms with Crippen LogP contribution in [0.3, 0.4) is 0 Å². The first-order valence-electron chi connectivity index (χ1n) is 7.51. The van der Waals surface area contributed by atoms with E-state index in [4.69, 9.17) is 14.0 Å². The molecular formula is C16H22N2O6S. The Kier molecular flexibility index (Phi) is 5.71. The predicted octanol–water partition coefficient (Wildman–Crippen LogP) is 1.66. The number of aryl methyl sites for hydroxylation is 2. The van der Waals surface area contributed by atoms with Crippen molar-refractivity contribution in [3.63, 3.8) is 0 Å². The summed E-state index contributed by atoms with van der Waals surface area (Å²) in [5.74, 6) is 1.19. The minimum Gasteiger partial charge on any atom is -0.493 e. The van der Waals surface area contributed by atoms with Crippen molar-refractivity contribution in [3.8, 4) is 11.5 Å². The van der Waals surface area contributed by atoms with Crippen molar-refractivity contribution in [2.75, 3.05) is 27.8 Å². The summed E-state index contributed by atoms with van der Waals surface area (Å²) in [5, 5.41) is 14.1. The zero-order valence-electron chi connectivity index (χ0n) is 14.8. The Labute approximate surface area is 147 Å². The number of sulfonamides is 1. The number of hydrogen-bond acceptors (Lipinski definition) is 7. The van der Waals surface area contributed by atoms with Crippen LogP contribution in [-0.2, 0) is 10.0 Å². The van der Waals surface area contributed by atoms with Crippen LogP contribution in [0.1, 0.15) is 23.1 Å². The van der Waals surface area contributed by atoms with Gasteiger partial charge in [-0.15, -0.1) is 0 Å². The number of likely N-dealkylation sites (N-methyl/N-ethyl adjacent to an activating group) is 1. The van der Waals surface area contributed by atoms with Gasteiger partial charge in [0.25, 0.3) is 0 Å². The van der Waals surface area contributed by atoms with E-state index in [1.807, 2.05) is 0 Å². The van der Waals surface area contributed by atoms with Gasteiger partial charge in [0.2, 0.25) is 10.0 Å². The fourth-order valence-electron chi connectivity index (χ4n) is 2.51. The van der Waals surface area contributed by atoms with Crippen molar-refractivity contribution in [1.82, 2.24) is 9.46 Å². The van der Waals surface area contributed by atoms with Crippen LogP contribution in [0.5, 0.6) is 11.5 Å². The highest BCUT2D eigenvalue weighted by Crippen LogP contribution is 2.31. The van der Waals surface area contributed by atoms with E-state index < -0.39 is 16.1 Å². The maximum Gasteiger partial charge on any atom is 0.248 e. The summed E-state index contributed by atoms with van der Waals surface area (Å²) in [4.78, 5) is 0.0227. The minimum atomic E-state index is -3.83. The van der Waals surface area contributed by atoms with Gasteiger partial charge in [0.05, 0.1) is 20.3 Å². The number of methoxy groups -OCH3 is 2. The Morgan fingerprint density at radius 2 is 1.88 bits per heavy atom. The van der Waals surface area contributed by atoms with Gasteiger partial charge in [-0.1, -0.05) is 11.2 Å². The molecule has 8 nitrogen and oxygen atoms in total. The fourth-order valence-corrected chi connectivity index (χ4v) is 3.97. The molecule has 0 aliphatic rings. The van der Waals surface area contributed by atoms with Crippen molar-refractivity contribution in [1.29, 1.82) is 0 Å². The predicted molar refractivity (Wildman–Crippen MR) is 90.3 cm³/mol. The molecule has 9 heteroatoms. The van der Waals surface area contributed by atoms with Gasteiger partial charge < -0.3 is 19.1 Å². The number of rotatable bonds is 7.